The van der Waals surface area contributed by atoms with Gasteiger partial charge < -0.3 is 14.8 Å². The van der Waals surface area contributed by atoms with Gasteiger partial charge in [0.05, 0.1) is 14.2 Å². The van der Waals surface area contributed by atoms with E-state index in [2.05, 4.69) is 14.9 Å². The second kappa shape index (κ2) is 7.27. The van der Waals surface area contributed by atoms with Gasteiger partial charge in [-0.05, 0) is 47.9 Å². The summed E-state index contributed by atoms with van der Waals surface area (Å²) in [6.45, 7) is 0. The normalized spacial score (nSPS) is 10.4. The lowest BCUT2D eigenvalue weighted by molar-refractivity contribution is 0.103. The van der Waals surface area contributed by atoms with Gasteiger partial charge in [-0.1, -0.05) is 4.49 Å². The van der Waals surface area contributed by atoms with Crippen molar-refractivity contribution in [3.05, 3.63) is 53.2 Å². The number of halogens is 1. The Morgan fingerprint density at radius 1 is 1.08 bits per heavy atom. The van der Waals surface area contributed by atoms with Crippen molar-refractivity contribution in [2.24, 2.45) is 0 Å². The van der Waals surface area contributed by atoms with Gasteiger partial charge in [0.1, 0.15) is 16.4 Å². The van der Waals surface area contributed by atoms with Gasteiger partial charge >= 0.3 is 0 Å². The lowest BCUT2D eigenvalue weighted by Gasteiger charge is -2.10. The second-order valence-corrected chi connectivity index (χ2v) is 5.74. The number of amides is 1. The summed E-state index contributed by atoms with van der Waals surface area (Å²) in [4.78, 5) is 12.9. The molecule has 0 aliphatic carbocycles. The Hall–Kier alpha value is -3.00. The number of rotatable bonds is 5. The van der Waals surface area contributed by atoms with Crippen molar-refractivity contribution < 1.29 is 18.7 Å². The molecule has 1 amide bonds. The van der Waals surface area contributed by atoms with E-state index in [1.807, 2.05) is 0 Å². The lowest BCUT2D eigenvalue weighted by atomic mass is 10.1. The molecule has 0 radical (unpaired) electrons. The molecule has 128 valence electrons. The Bertz CT molecular complexity index is 896. The third-order valence-corrected chi connectivity index (χ3v) is 4.18. The Morgan fingerprint density at radius 3 is 2.48 bits per heavy atom. The molecule has 3 rings (SSSR count). The number of nitrogens with zero attached hydrogens (tertiary/aromatic N) is 2. The molecule has 0 bridgehead atoms. The molecule has 0 saturated heterocycles. The first-order valence-electron chi connectivity index (χ1n) is 7.24. The number of benzene rings is 2. The summed E-state index contributed by atoms with van der Waals surface area (Å²) in [5, 5.41) is 6.75. The maximum Gasteiger partial charge on any atom is 0.269 e. The first-order chi connectivity index (χ1) is 12.1. The monoisotopic (exact) mass is 359 g/mol. The topological polar surface area (TPSA) is 73.3 Å². The van der Waals surface area contributed by atoms with Gasteiger partial charge in [-0.15, -0.1) is 5.10 Å². The minimum atomic E-state index is -0.360. The number of methoxy groups -OCH3 is 2. The zero-order valence-electron chi connectivity index (χ0n) is 13.4. The summed E-state index contributed by atoms with van der Waals surface area (Å²) in [5.74, 6) is 0.346. The standard InChI is InChI=1S/C17H14FN3O3S/c1-23-13-8-7-12(9-14(13)24-2)19-17(22)16-15(20-21-25-16)10-3-5-11(18)6-4-10/h3-9H,1-2H3,(H,19,22). The third-order valence-electron chi connectivity index (χ3n) is 3.45. The zero-order valence-corrected chi connectivity index (χ0v) is 14.3. The molecular formula is C17H14FN3O3S. The molecule has 3 aromatic rings. The van der Waals surface area contributed by atoms with Gasteiger partial charge in [-0.2, -0.15) is 0 Å². The molecule has 6 nitrogen and oxygen atoms in total. The van der Waals surface area contributed by atoms with E-state index in [0.717, 1.165) is 11.5 Å². The molecule has 0 atom stereocenters. The minimum absolute atomic E-state index is 0.335. The maximum absolute atomic E-state index is 13.1. The van der Waals surface area contributed by atoms with Crippen molar-refractivity contribution in [1.82, 2.24) is 9.59 Å². The number of carbonyl (C=O) groups is 1. The quantitative estimate of drug-likeness (QED) is 0.753. The number of nitrogens with one attached hydrogen (secondary N) is 1. The fourth-order valence-corrected chi connectivity index (χ4v) is 2.82. The van der Waals surface area contributed by atoms with Crippen LogP contribution in [0.1, 0.15) is 9.67 Å². The largest absolute Gasteiger partial charge is 0.493 e. The van der Waals surface area contributed by atoms with Crippen LogP contribution in [-0.2, 0) is 0 Å². The molecule has 1 heterocycles. The smallest absolute Gasteiger partial charge is 0.269 e. The molecule has 0 aliphatic heterocycles. The van der Waals surface area contributed by atoms with E-state index in [-0.39, 0.29) is 11.7 Å². The number of aromatic nitrogens is 2. The number of anilines is 1. The van der Waals surface area contributed by atoms with Crippen LogP contribution in [0.4, 0.5) is 10.1 Å². The SMILES string of the molecule is COc1ccc(NC(=O)c2snnc2-c2ccc(F)cc2)cc1OC. The van der Waals surface area contributed by atoms with Gasteiger partial charge in [0.25, 0.3) is 5.91 Å². The Balaban J connectivity index is 1.85. The van der Waals surface area contributed by atoms with Crippen LogP contribution >= 0.6 is 11.5 Å². The molecule has 0 aliphatic rings. The molecule has 0 unspecified atom stereocenters. The molecule has 0 fully saturated rings. The van der Waals surface area contributed by atoms with E-state index in [0.29, 0.717) is 33.3 Å². The van der Waals surface area contributed by atoms with Crippen LogP contribution in [0.3, 0.4) is 0 Å². The van der Waals surface area contributed by atoms with Crippen molar-refractivity contribution >= 4 is 23.1 Å². The van der Waals surface area contributed by atoms with Gasteiger partial charge in [-0.25, -0.2) is 4.39 Å². The summed E-state index contributed by atoms with van der Waals surface area (Å²) in [6.07, 6.45) is 0. The van der Waals surface area contributed by atoms with Crippen molar-refractivity contribution in [1.29, 1.82) is 0 Å². The summed E-state index contributed by atoms with van der Waals surface area (Å²) in [6, 6.07) is 10.8. The van der Waals surface area contributed by atoms with E-state index in [1.165, 1.54) is 26.4 Å². The van der Waals surface area contributed by atoms with E-state index in [9.17, 15) is 9.18 Å². The second-order valence-electron chi connectivity index (χ2n) is 4.98. The Morgan fingerprint density at radius 2 is 1.80 bits per heavy atom. The first kappa shape index (κ1) is 16.8. The van der Waals surface area contributed by atoms with Crippen LogP contribution in [0, 0.1) is 5.82 Å². The van der Waals surface area contributed by atoms with Crippen molar-refractivity contribution in [2.75, 3.05) is 19.5 Å². The zero-order chi connectivity index (χ0) is 17.8. The molecular weight excluding hydrogens is 345 g/mol. The van der Waals surface area contributed by atoms with Gasteiger partial charge in [0, 0.05) is 17.3 Å². The molecule has 1 N–H and O–H groups in total. The predicted molar refractivity (Wildman–Crippen MR) is 92.8 cm³/mol. The third kappa shape index (κ3) is 3.58. The lowest BCUT2D eigenvalue weighted by Crippen LogP contribution is -2.11. The fraction of sp³-hybridized carbons (Fsp3) is 0.118. The average molecular weight is 359 g/mol. The van der Waals surface area contributed by atoms with Gasteiger partial charge in [-0.3, -0.25) is 4.79 Å². The average Bonchev–Trinajstić information content (AvgIpc) is 3.12. The van der Waals surface area contributed by atoms with Crippen LogP contribution in [0.15, 0.2) is 42.5 Å². The van der Waals surface area contributed by atoms with Crippen molar-refractivity contribution in [3.63, 3.8) is 0 Å². The van der Waals surface area contributed by atoms with E-state index in [4.69, 9.17) is 9.47 Å². The number of hydrogen-bond acceptors (Lipinski definition) is 6. The van der Waals surface area contributed by atoms with Crippen LogP contribution in [0.25, 0.3) is 11.3 Å². The van der Waals surface area contributed by atoms with Crippen LogP contribution in [0.2, 0.25) is 0 Å². The number of hydrogen-bond donors (Lipinski definition) is 1. The summed E-state index contributed by atoms with van der Waals surface area (Å²) < 4.78 is 27.3. The molecule has 2 aromatic carbocycles. The van der Waals surface area contributed by atoms with Crippen LogP contribution < -0.4 is 14.8 Å². The molecule has 0 spiro atoms. The fourth-order valence-electron chi connectivity index (χ4n) is 2.24. The Kier molecular flexibility index (Phi) is 4.90. The number of ether oxygens (including phenoxy) is 2. The molecule has 25 heavy (non-hydrogen) atoms. The summed E-state index contributed by atoms with van der Waals surface area (Å²) >= 11 is 0.971. The highest BCUT2D eigenvalue weighted by Gasteiger charge is 2.18. The first-order valence-corrected chi connectivity index (χ1v) is 8.01. The number of carbonyl (C=O) groups excluding carboxylic acids is 1. The highest BCUT2D eigenvalue weighted by molar-refractivity contribution is 7.08. The molecule has 0 saturated carbocycles. The maximum atomic E-state index is 13.1. The van der Waals surface area contributed by atoms with E-state index in [1.54, 1.807) is 30.3 Å². The van der Waals surface area contributed by atoms with E-state index >= 15 is 0 Å². The summed E-state index contributed by atoms with van der Waals surface area (Å²) in [7, 11) is 3.05. The van der Waals surface area contributed by atoms with E-state index < -0.39 is 0 Å². The Labute approximate surface area is 147 Å². The summed E-state index contributed by atoms with van der Waals surface area (Å²) in [5.41, 5.74) is 1.57. The molecule has 1 aromatic heterocycles. The highest BCUT2D eigenvalue weighted by Crippen LogP contribution is 2.31. The highest BCUT2D eigenvalue weighted by atomic mass is 32.1. The predicted octanol–water partition coefficient (Wildman–Crippen LogP) is 3.61. The van der Waals surface area contributed by atoms with Crippen LogP contribution in [0.5, 0.6) is 11.5 Å². The minimum Gasteiger partial charge on any atom is -0.493 e. The van der Waals surface area contributed by atoms with Gasteiger partial charge in [0.15, 0.2) is 11.5 Å². The van der Waals surface area contributed by atoms with Crippen molar-refractivity contribution in [2.45, 2.75) is 0 Å². The van der Waals surface area contributed by atoms with Crippen LogP contribution in [-0.4, -0.2) is 29.7 Å². The van der Waals surface area contributed by atoms with Crippen molar-refractivity contribution in [3.8, 4) is 22.8 Å². The molecule has 8 heteroatoms. The van der Waals surface area contributed by atoms with Gasteiger partial charge in [0.2, 0.25) is 0 Å².